The van der Waals surface area contributed by atoms with Crippen LogP contribution >= 0.6 is 0 Å². The number of nitrogens with one attached hydrogen (secondary N) is 1. The summed E-state index contributed by atoms with van der Waals surface area (Å²) in [5.41, 5.74) is 1.37. The van der Waals surface area contributed by atoms with Crippen molar-refractivity contribution in [2.24, 2.45) is 5.92 Å². The van der Waals surface area contributed by atoms with Crippen molar-refractivity contribution < 1.29 is 27.6 Å². The molecule has 0 aromatic heterocycles. The number of benzene rings is 2. The molecule has 41 heavy (non-hydrogen) atoms. The Labute approximate surface area is 241 Å². The molecule has 3 amide bonds. The maximum Gasteiger partial charge on any atom is 0.251 e. The van der Waals surface area contributed by atoms with Gasteiger partial charge in [0.05, 0.1) is 23.2 Å². The lowest BCUT2D eigenvalue weighted by Gasteiger charge is -2.29. The first-order valence-electron chi connectivity index (χ1n) is 13.9. The van der Waals surface area contributed by atoms with Crippen molar-refractivity contribution in [1.29, 1.82) is 0 Å². The molecular formula is C30H38N4O6S. The van der Waals surface area contributed by atoms with Gasteiger partial charge >= 0.3 is 0 Å². The van der Waals surface area contributed by atoms with E-state index >= 15 is 0 Å². The third-order valence-electron chi connectivity index (χ3n) is 7.67. The second-order valence-electron chi connectivity index (χ2n) is 11.3. The Morgan fingerprint density at radius 1 is 1.00 bits per heavy atom. The van der Waals surface area contributed by atoms with E-state index in [2.05, 4.69) is 5.32 Å². The molecule has 0 aliphatic carbocycles. The van der Waals surface area contributed by atoms with Gasteiger partial charge < -0.3 is 20.0 Å². The third-order valence-corrected chi connectivity index (χ3v) is 9.40. The molecule has 1 unspecified atom stereocenters. The highest BCUT2D eigenvalue weighted by Gasteiger charge is 2.52. The summed E-state index contributed by atoms with van der Waals surface area (Å²) < 4.78 is 25.3. The smallest absolute Gasteiger partial charge is 0.251 e. The van der Waals surface area contributed by atoms with Gasteiger partial charge in [-0.15, -0.1) is 0 Å². The van der Waals surface area contributed by atoms with E-state index < -0.39 is 33.9 Å². The fraction of sp³-hybridized carbons (Fsp3) is 0.467. The molecule has 220 valence electrons. The zero-order chi connectivity index (χ0) is 29.9. The molecule has 0 radical (unpaired) electrons. The van der Waals surface area contributed by atoms with E-state index in [-0.39, 0.29) is 53.7 Å². The highest BCUT2D eigenvalue weighted by molar-refractivity contribution is 7.91. The van der Waals surface area contributed by atoms with E-state index in [0.29, 0.717) is 18.4 Å². The van der Waals surface area contributed by atoms with Crippen LogP contribution in [-0.4, -0.2) is 92.8 Å². The second kappa shape index (κ2) is 12.4. The van der Waals surface area contributed by atoms with Crippen molar-refractivity contribution in [2.75, 3.05) is 37.8 Å². The van der Waals surface area contributed by atoms with Crippen molar-refractivity contribution in [3.63, 3.8) is 0 Å². The molecule has 2 aromatic carbocycles. The summed E-state index contributed by atoms with van der Waals surface area (Å²) in [6.45, 7) is 4.02. The number of carbonyl (C=O) groups is 4. The van der Waals surface area contributed by atoms with Crippen LogP contribution in [0.1, 0.15) is 43.5 Å². The van der Waals surface area contributed by atoms with Crippen LogP contribution in [0.25, 0.3) is 0 Å². The summed E-state index contributed by atoms with van der Waals surface area (Å²) in [7, 11) is 0.160. The largest absolute Gasteiger partial charge is 0.378 e. The topological polar surface area (TPSA) is 124 Å². The lowest BCUT2D eigenvalue weighted by molar-refractivity contribution is -0.138. The normalized spacial score (nSPS) is 19.3. The number of nitrogens with zero attached hydrogens (tertiary/aromatic N) is 3. The summed E-state index contributed by atoms with van der Waals surface area (Å²) in [5, 5.41) is 2.87. The van der Waals surface area contributed by atoms with Gasteiger partial charge in [0.25, 0.3) is 5.91 Å². The van der Waals surface area contributed by atoms with Crippen LogP contribution in [0.4, 0.5) is 5.69 Å². The van der Waals surface area contributed by atoms with Crippen LogP contribution in [0.15, 0.2) is 59.5 Å². The Morgan fingerprint density at radius 2 is 1.66 bits per heavy atom. The van der Waals surface area contributed by atoms with Crippen LogP contribution in [0.3, 0.4) is 0 Å². The number of likely N-dealkylation sites (tertiary alicyclic amines) is 2. The van der Waals surface area contributed by atoms with Crippen LogP contribution in [-0.2, 0) is 24.2 Å². The lowest BCUT2D eigenvalue weighted by Crippen LogP contribution is -2.53. The van der Waals surface area contributed by atoms with Gasteiger partial charge in [-0.3, -0.25) is 19.2 Å². The molecular weight excluding hydrogens is 544 g/mol. The fourth-order valence-electron chi connectivity index (χ4n) is 5.55. The van der Waals surface area contributed by atoms with Crippen molar-refractivity contribution in [3.05, 3.63) is 60.2 Å². The molecule has 2 aliphatic rings. The number of anilines is 1. The van der Waals surface area contributed by atoms with Gasteiger partial charge in [0.1, 0.15) is 12.1 Å². The molecule has 2 aromatic rings. The molecule has 4 rings (SSSR count). The van der Waals surface area contributed by atoms with E-state index in [0.717, 1.165) is 5.69 Å². The van der Waals surface area contributed by atoms with Crippen LogP contribution in [0.5, 0.6) is 0 Å². The van der Waals surface area contributed by atoms with Gasteiger partial charge in [-0.25, -0.2) is 8.42 Å². The average molecular weight is 583 g/mol. The first-order chi connectivity index (χ1) is 19.4. The van der Waals surface area contributed by atoms with E-state index in [1.54, 1.807) is 30.3 Å². The molecule has 11 heteroatoms. The predicted molar refractivity (Wildman–Crippen MR) is 155 cm³/mol. The van der Waals surface area contributed by atoms with E-state index in [9.17, 15) is 27.6 Å². The van der Waals surface area contributed by atoms with Crippen molar-refractivity contribution in [2.45, 2.75) is 56.1 Å². The third kappa shape index (κ3) is 6.78. The molecule has 2 fully saturated rings. The summed E-state index contributed by atoms with van der Waals surface area (Å²) in [5.74, 6) is -1.67. The SMILES string of the molecule is CC(C)C[C@H](NC(=O)c1ccc(N(C)C)cc1)C(=O)N1CCC2[C@H]1C(=O)CN2C(=O)CCS(=O)(=O)c1ccccc1. The van der Waals surface area contributed by atoms with Gasteiger partial charge in [0.2, 0.25) is 11.8 Å². The Hall–Kier alpha value is -3.73. The zero-order valence-electron chi connectivity index (χ0n) is 23.9. The fourth-order valence-corrected chi connectivity index (χ4v) is 6.80. The van der Waals surface area contributed by atoms with Gasteiger partial charge in [-0.2, -0.15) is 0 Å². The lowest BCUT2D eigenvalue weighted by atomic mass is 10.0. The molecule has 2 saturated heterocycles. The second-order valence-corrected chi connectivity index (χ2v) is 13.4. The number of hydrogen-bond acceptors (Lipinski definition) is 7. The number of rotatable bonds is 10. The van der Waals surface area contributed by atoms with Gasteiger partial charge in [0.15, 0.2) is 15.6 Å². The first-order valence-corrected chi connectivity index (χ1v) is 15.5. The number of sulfone groups is 1. The highest BCUT2D eigenvalue weighted by Crippen LogP contribution is 2.31. The van der Waals surface area contributed by atoms with Crippen molar-refractivity contribution >= 4 is 39.0 Å². The zero-order valence-corrected chi connectivity index (χ0v) is 24.8. The quantitative estimate of drug-likeness (QED) is 0.455. The number of Topliss-reactive ketones (excluding diaryl/α,β-unsaturated/α-hetero) is 1. The number of fused-ring (bicyclic) bond motifs is 1. The van der Waals surface area contributed by atoms with Crippen LogP contribution < -0.4 is 10.2 Å². The van der Waals surface area contributed by atoms with Crippen LogP contribution in [0, 0.1) is 5.92 Å². The molecule has 0 spiro atoms. The van der Waals surface area contributed by atoms with Gasteiger partial charge in [0, 0.05) is 38.3 Å². The monoisotopic (exact) mass is 582 g/mol. The van der Waals surface area contributed by atoms with E-state index in [4.69, 9.17) is 0 Å². The Morgan fingerprint density at radius 3 is 2.27 bits per heavy atom. The molecule has 3 atom stereocenters. The first kappa shape index (κ1) is 30.2. The maximum absolute atomic E-state index is 13.7. The minimum absolute atomic E-state index is 0.0997. The Bertz CT molecular complexity index is 1390. The number of carbonyl (C=O) groups excluding carboxylic acids is 4. The number of amides is 3. The van der Waals surface area contributed by atoms with Crippen molar-refractivity contribution in [1.82, 2.24) is 15.1 Å². The summed E-state index contributed by atoms with van der Waals surface area (Å²) in [6, 6.07) is 12.9. The Balaban J connectivity index is 1.43. The number of ketones is 1. The summed E-state index contributed by atoms with van der Waals surface area (Å²) in [4.78, 5) is 57.9. The predicted octanol–water partition coefficient (Wildman–Crippen LogP) is 2.14. The molecule has 2 heterocycles. The molecule has 0 bridgehead atoms. The van der Waals surface area contributed by atoms with Crippen LogP contribution in [0.2, 0.25) is 0 Å². The van der Waals surface area contributed by atoms with E-state index in [1.165, 1.54) is 21.9 Å². The molecule has 0 saturated carbocycles. The van der Waals surface area contributed by atoms with Gasteiger partial charge in [-0.05, 0) is 55.2 Å². The highest BCUT2D eigenvalue weighted by atomic mass is 32.2. The minimum Gasteiger partial charge on any atom is -0.378 e. The Kier molecular flexibility index (Phi) is 9.16. The minimum atomic E-state index is -3.65. The maximum atomic E-state index is 13.7. The molecule has 1 N–H and O–H groups in total. The van der Waals surface area contributed by atoms with E-state index in [1.807, 2.05) is 45.0 Å². The summed E-state index contributed by atoms with van der Waals surface area (Å²) in [6.07, 6.45) is 0.552. The van der Waals surface area contributed by atoms with Gasteiger partial charge in [-0.1, -0.05) is 32.0 Å². The average Bonchev–Trinajstić information content (AvgIpc) is 3.52. The summed E-state index contributed by atoms with van der Waals surface area (Å²) >= 11 is 0. The molecule has 2 aliphatic heterocycles. The molecule has 10 nitrogen and oxygen atoms in total. The van der Waals surface area contributed by atoms with Crippen molar-refractivity contribution in [3.8, 4) is 0 Å². The number of hydrogen-bond donors (Lipinski definition) is 1. The standard InChI is InChI=1S/C30H38N4O6S/c1-20(2)18-24(31-29(37)21-10-12-22(13-11-21)32(3)4)30(38)33-16-14-25-28(33)26(35)19-34(25)27(36)15-17-41(39,40)23-8-6-5-7-9-23/h5-13,20,24-25,28H,14-19H2,1-4H3,(H,31,37)/t24-,25?,28-/m0/s1.